The fourth-order valence-corrected chi connectivity index (χ4v) is 1.98. The summed E-state index contributed by atoms with van der Waals surface area (Å²) in [6.45, 7) is 2.75. The van der Waals surface area contributed by atoms with E-state index in [2.05, 4.69) is 17.4 Å². The molecule has 1 atom stereocenters. The van der Waals surface area contributed by atoms with Gasteiger partial charge in [-0.05, 0) is 18.9 Å². The fraction of sp³-hybridized carbons (Fsp3) is 0.308. The van der Waals surface area contributed by atoms with Crippen LogP contribution in [0.3, 0.4) is 0 Å². The molecule has 2 heteroatoms. The standard InChI is InChI=1S/C13H15NO/c1-10-7-12(9-14-13(15)8-10)11-5-3-2-4-6-11/h2-6,8,12H,7,9H2,1H3,(H,14,15). The smallest absolute Gasteiger partial charge is 0.243 e. The van der Waals surface area contributed by atoms with Crippen LogP contribution in [0.1, 0.15) is 24.8 Å². The van der Waals surface area contributed by atoms with E-state index in [-0.39, 0.29) is 5.91 Å². The summed E-state index contributed by atoms with van der Waals surface area (Å²) in [6.07, 6.45) is 2.66. The van der Waals surface area contributed by atoms with Crippen molar-refractivity contribution in [1.82, 2.24) is 5.32 Å². The molecule has 78 valence electrons. The van der Waals surface area contributed by atoms with Crippen LogP contribution < -0.4 is 5.32 Å². The molecule has 1 aliphatic heterocycles. The molecule has 1 unspecified atom stereocenters. The highest BCUT2D eigenvalue weighted by Crippen LogP contribution is 2.24. The molecule has 1 aliphatic rings. The number of amides is 1. The number of allylic oxidation sites excluding steroid dienone is 1. The van der Waals surface area contributed by atoms with E-state index >= 15 is 0 Å². The number of carbonyl (C=O) groups excluding carboxylic acids is 1. The van der Waals surface area contributed by atoms with Gasteiger partial charge in [0.1, 0.15) is 0 Å². The summed E-state index contributed by atoms with van der Waals surface area (Å²) in [7, 11) is 0. The summed E-state index contributed by atoms with van der Waals surface area (Å²) in [4.78, 5) is 11.3. The van der Waals surface area contributed by atoms with Gasteiger partial charge in [0.2, 0.25) is 5.91 Å². The highest BCUT2D eigenvalue weighted by atomic mass is 16.1. The molecule has 15 heavy (non-hydrogen) atoms. The summed E-state index contributed by atoms with van der Waals surface area (Å²) in [5.74, 6) is 0.444. The first kappa shape index (κ1) is 9.97. The van der Waals surface area contributed by atoms with Gasteiger partial charge in [0.25, 0.3) is 0 Å². The van der Waals surface area contributed by atoms with Gasteiger partial charge in [-0.1, -0.05) is 35.9 Å². The van der Waals surface area contributed by atoms with Gasteiger partial charge in [0, 0.05) is 18.5 Å². The Labute approximate surface area is 90.0 Å². The molecule has 0 aliphatic carbocycles. The highest BCUT2D eigenvalue weighted by Gasteiger charge is 2.16. The van der Waals surface area contributed by atoms with E-state index in [4.69, 9.17) is 0 Å². The summed E-state index contributed by atoms with van der Waals surface area (Å²) >= 11 is 0. The van der Waals surface area contributed by atoms with Crippen molar-refractivity contribution in [2.24, 2.45) is 0 Å². The lowest BCUT2D eigenvalue weighted by Crippen LogP contribution is -2.24. The van der Waals surface area contributed by atoms with E-state index in [1.165, 1.54) is 5.56 Å². The second-order valence-electron chi connectivity index (χ2n) is 4.05. The van der Waals surface area contributed by atoms with Crippen LogP contribution in [0.4, 0.5) is 0 Å². The highest BCUT2D eigenvalue weighted by molar-refractivity contribution is 5.88. The lowest BCUT2D eigenvalue weighted by Gasteiger charge is -2.15. The van der Waals surface area contributed by atoms with E-state index in [9.17, 15) is 4.79 Å². The van der Waals surface area contributed by atoms with Gasteiger partial charge in [-0.25, -0.2) is 0 Å². The third kappa shape index (κ3) is 2.46. The number of hydrogen-bond acceptors (Lipinski definition) is 1. The average Bonchev–Trinajstić information content (AvgIpc) is 2.41. The van der Waals surface area contributed by atoms with E-state index < -0.39 is 0 Å². The lowest BCUT2D eigenvalue weighted by molar-refractivity contribution is -0.116. The second-order valence-corrected chi connectivity index (χ2v) is 4.05. The minimum Gasteiger partial charge on any atom is -0.352 e. The van der Waals surface area contributed by atoms with Gasteiger partial charge in [0.05, 0.1) is 0 Å². The molecule has 1 heterocycles. The van der Waals surface area contributed by atoms with E-state index in [0.717, 1.165) is 18.5 Å². The molecule has 1 aromatic rings. The molecule has 2 nitrogen and oxygen atoms in total. The maximum Gasteiger partial charge on any atom is 0.243 e. The van der Waals surface area contributed by atoms with Crippen LogP contribution >= 0.6 is 0 Å². The molecule has 1 N–H and O–H groups in total. The molecule has 0 bridgehead atoms. The van der Waals surface area contributed by atoms with Gasteiger partial charge < -0.3 is 5.32 Å². The van der Waals surface area contributed by atoms with Gasteiger partial charge in [-0.3, -0.25) is 4.79 Å². The zero-order valence-corrected chi connectivity index (χ0v) is 8.86. The van der Waals surface area contributed by atoms with E-state index in [1.54, 1.807) is 6.08 Å². The largest absolute Gasteiger partial charge is 0.352 e. The van der Waals surface area contributed by atoms with Crippen molar-refractivity contribution in [2.75, 3.05) is 6.54 Å². The van der Waals surface area contributed by atoms with Crippen molar-refractivity contribution in [3.63, 3.8) is 0 Å². The normalized spacial score (nSPS) is 21.5. The van der Waals surface area contributed by atoms with Gasteiger partial charge >= 0.3 is 0 Å². The lowest BCUT2D eigenvalue weighted by atomic mass is 9.93. The van der Waals surface area contributed by atoms with Gasteiger partial charge in [-0.2, -0.15) is 0 Å². The summed E-state index contributed by atoms with van der Waals surface area (Å²) in [5.41, 5.74) is 2.45. The van der Waals surface area contributed by atoms with Crippen molar-refractivity contribution >= 4 is 5.91 Å². The Bertz CT molecular complexity index is 381. The van der Waals surface area contributed by atoms with Gasteiger partial charge in [0.15, 0.2) is 0 Å². The SMILES string of the molecule is CC1=CC(=O)NCC(c2ccccc2)C1. The van der Waals surface area contributed by atoms with Crippen molar-refractivity contribution in [3.05, 3.63) is 47.5 Å². The van der Waals surface area contributed by atoms with Crippen LogP contribution in [0.2, 0.25) is 0 Å². The molecule has 1 amide bonds. The predicted molar refractivity (Wildman–Crippen MR) is 60.6 cm³/mol. The molecular weight excluding hydrogens is 186 g/mol. The number of nitrogens with one attached hydrogen (secondary N) is 1. The molecule has 0 spiro atoms. The molecule has 0 radical (unpaired) electrons. The monoisotopic (exact) mass is 201 g/mol. The first-order valence-electron chi connectivity index (χ1n) is 5.25. The maximum atomic E-state index is 11.3. The minimum absolute atomic E-state index is 0.0333. The quantitative estimate of drug-likeness (QED) is 0.741. The third-order valence-electron chi connectivity index (χ3n) is 2.74. The molecular formula is C13H15NO. The van der Waals surface area contributed by atoms with Gasteiger partial charge in [-0.15, -0.1) is 0 Å². The Morgan fingerprint density at radius 3 is 2.73 bits per heavy atom. The zero-order chi connectivity index (χ0) is 10.7. The number of carbonyl (C=O) groups is 1. The molecule has 0 aromatic heterocycles. The topological polar surface area (TPSA) is 29.1 Å². The third-order valence-corrected chi connectivity index (χ3v) is 2.74. The first-order chi connectivity index (χ1) is 7.25. The molecule has 0 fully saturated rings. The van der Waals surface area contributed by atoms with Crippen LogP contribution in [0, 0.1) is 0 Å². The van der Waals surface area contributed by atoms with E-state index in [1.807, 2.05) is 25.1 Å². The van der Waals surface area contributed by atoms with Crippen LogP contribution in [0.5, 0.6) is 0 Å². The number of rotatable bonds is 1. The minimum atomic E-state index is 0.0333. The molecule has 0 saturated heterocycles. The second kappa shape index (κ2) is 4.30. The van der Waals surface area contributed by atoms with Crippen molar-refractivity contribution < 1.29 is 4.79 Å². The Hall–Kier alpha value is -1.57. The zero-order valence-electron chi connectivity index (χ0n) is 8.86. The number of benzene rings is 1. The van der Waals surface area contributed by atoms with E-state index in [0.29, 0.717) is 5.92 Å². The van der Waals surface area contributed by atoms with Crippen LogP contribution in [-0.4, -0.2) is 12.5 Å². The van der Waals surface area contributed by atoms with Crippen LogP contribution in [0.15, 0.2) is 42.0 Å². The molecule has 0 saturated carbocycles. The Morgan fingerprint density at radius 2 is 2.00 bits per heavy atom. The molecule has 1 aromatic carbocycles. The number of hydrogen-bond donors (Lipinski definition) is 1. The fourth-order valence-electron chi connectivity index (χ4n) is 1.98. The average molecular weight is 201 g/mol. The van der Waals surface area contributed by atoms with Crippen LogP contribution in [0.25, 0.3) is 0 Å². The predicted octanol–water partition coefficient (Wildman–Crippen LogP) is 2.24. The molecule has 2 rings (SSSR count). The summed E-state index contributed by atoms with van der Waals surface area (Å²) in [6, 6.07) is 10.3. The van der Waals surface area contributed by atoms with Crippen molar-refractivity contribution in [2.45, 2.75) is 19.3 Å². The first-order valence-corrected chi connectivity index (χ1v) is 5.25. The Morgan fingerprint density at radius 1 is 1.27 bits per heavy atom. The van der Waals surface area contributed by atoms with Crippen molar-refractivity contribution in [3.8, 4) is 0 Å². The van der Waals surface area contributed by atoms with Crippen molar-refractivity contribution in [1.29, 1.82) is 0 Å². The summed E-state index contributed by atoms with van der Waals surface area (Å²) < 4.78 is 0. The maximum absolute atomic E-state index is 11.3. The Balaban J connectivity index is 2.19. The van der Waals surface area contributed by atoms with Crippen LogP contribution in [-0.2, 0) is 4.79 Å². The Kier molecular flexibility index (Phi) is 2.86. The summed E-state index contributed by atoms with van der Waals surface area (Å²) in [5, 5.41) is 2.91.